The maximum atomic E-state index is 13.8. The monoisotopic (exact) mass is 535 g/mol. The lowest BCUT2D eigenvalue weighted by Crippen LogP contribution is -2.55. The first-order valence-corrected chi connectivity index (χ1v) is 11.9. The molecule has 2 aromatic carbocycles. The van der Waals surface area contributed by atoms with Crippen molar-refractivity contribution in [2.75, 3.05) is 29.5 Å². The van der Waals surface area contributed by atoms with E-state index in [9.17, 15) is 33.9 Å². The summed E-state index contributed by atoms with van der Waals surface area (Å²) in [6, 6.07) is 10.6. The van der Waals surface area contributed by atoms with Crippen molar-refractivity contribution < 1.29 is 39.0 Å². The molecule has 0 fully saturated rings. The standard InChI is InChI=1S/C26H25N5O8/c32-13-15(9-24(36)37)28-22(34)12-31-21-8-4-3-7-20(21)30(23(35)14-33)11-19(26(31)39)29-25(38)17-10-27-18-6-2-1-5-16(17)18/h1-8,10,13,15,19,27,33H,9,11-12,14H2,(H,28,34)(H,29,38)(H,36,37)/t15-,19-/m0/s1. The number of nitrogens with zero attached hydrogens (tertiary/aromatic N) is 2. The molecule has 0 aliphatic carbocycles. The number of aliphatic hydroxyl groups is 1. The number of aliphatic carboxylic acids is 1. The first-order chi connectivity index (χ1) is 18.7. The van der Waals surface area contributed by atoms with Crippen molar-refractivity contribution >= 4 is 58.2 Å². The summed E-state index contributed by atoms with van der Waals surface area (Å²) >= 11 is 0. The second kappa shape index (κ2) is 11.6. The van der Waals surface area contributed by atoms with Gasteiger partial charge in [-0.2, -0.15) is 0 Å². The minimum absolute atomic E-state index is 0.143. The van der Waals surface area contributed by atoms with Gasteiger partial charge in [0.2, 0.25) is 5.91 Å². The van der Waals surface area contributed by atoms with Crippen molar-refractivity contribution in [3.8, 4) is 0 Å². The molecule has 4 amide bonds. The molecule has 1 aromatic heterocycles. The molecule has 0 saturated carbocycles. The summed E-state index contributed by atoms with van der Waals surface area (Å²) in [6.45, 7) is -1.85. The Morgan fingerprint density at radius 1 is 1.08 bits per heavy atom. The zero-order valence-electron chi connectivity index (χ0n) is 20.5. The molecule has 39 heavy (non-hydrogen) atoms. The summed E-state index contributed by atoms with van der Waals surface area (Å²) in [4.78, 5) is 79.9. The van der Waals surface area contributed by atoms with E-state index >= 15 is 0 Å². The van der Waals surface area contributed by atoms with Gasteiger partial charge in [0.1, 0.15) is 25.5 Å². The number of hydrogen-bond donors (Lipinski definition) is 5. The number of amides is 4. The molecule has 4 rings (SSSR count). The lowest BCUT2D eigenvalue weighted by molar-refractivity contribution is -0.139. The van der Waals surface area contributed by atoms with Crippen LogP contribution in [0.4, 0.5) is 11.4 Å². The molecule has 0 unspecified atom stereocenters. The van der Waals surface area contributed by atoms with E-state index in [-0.39, 0.29) is 29.8 Å². The molecule has 1 aliphatic rings. The van der Waals surface area contributed by atoms with Gasteiger partial charge in [-0.3, -0.25) is 28.9 Å². The number of H-pyrrole nitrogens is 1. The highest BCUT2D eigenvalue weighted by Crippen LogP contribution is 2.33. The molecular formula is C26H25N5O8. The highest BCUT2D eigenvalue weighted by atomic mass is 16.4. The van der Waals surface area contributed by atoms with Gasteiger partial charge in [-0.25, -0.2) is 0 Å². The van der Waals surface area contributed by atoms with Crippen LogP contribution in [0.1, 0.15) is 16.8 Å². The predicted octanol–water partition coefficient (Wildman–Crippen LogP) is -0.203. The Morgan fingerprint density at radius 3 is 2.46 bits per heavy atom. The van der Waals surface area contributed by atoms with Gasteiger partial charge in [-0.05, 0) is 18.2 Å². The zero-order chi connectivity index (χ0) is 28.1. The minimum Gasteiger partial charge on any atom is -0.481 e. The summed E-state index contributed by atoms with van der Waals surface area (Å²) in [6.07, 6.45) is 1.11. The number of carboxylic acids is 1. The number of carboxylic acid groups (broad SMARTS) is 1. The quantitative estimate of drug-likeness (QED) is 0.233. The molecule has 2 atom stereocenters. The fourth-order valence-corrected chi connectivity index (χ4v) is 4.39. The van der Waals surface area contributed by atoms with E-state index in [2.05, 4.69) is 15.6 Å². The van der Waals surface area contributed by atoms with Gasteiger partial charge in [0.25, 0.3) is 17.7 Å². The van der Waals surface area contributed by atoms with Gasteiger partial charge >= 0.3 is 5.97 Å². The van der Waals surface area contributed by atoms with Crippen molar-refractivity contribution in [1.29, 1.82) is 0 Å². The normalized spacial score (nSPS) is 15.7. The fourth-order valence-electron chi connectivity index (χ4n) is 4.39. The smallest absolute Gasteiger partial charge is 0.305 e. The third-order valence-corrected chi connectivity index (χ3v) is 6.18. The van der Waals surface area contributed by atoms with Crippen molar-refractivity contribution in [3.63, 3.8) is 0 Å². The summed E-state index contributed by atoms with van der Waals surface area (Å²) in [5.41, 5.74) is 1.30. The van der Waals surface area contributed by atoms with Crippen LogP contribution in [0.15, 0.2) is 54.7 Å². The second-order valence-corrected chi connectivity index (χ2v) is 8.76. The van der Waals surface area contributed by atoms with E-state index in [1.54, 1.807) is 36.4 Å². The number of aldehydes is 1. The number of nitrogens with one attached hydrogen (secondary N) is 3. The Morgan fingerprint density at radius 2 is 1.77 bits per heavy atom. The lowest BCUT2D eigenvalue weighted by atomic mass is 10.1. The number of carbonyl (C=O) groups excluding carboxylic acids is 5. The maximum Gasteiger partial charge on any atom is 0.305 e. The Kier molecular flexibility index (Phi) is 8.01. The van der Waals surface area contributed by atoms with Gasteiger partial charge < -0.3 is 35.5 Å². The zero-order valence-corrected chi connectivity index (χ0v) is 20.5. The average Bonchev–Trinajstić information content (AvgIpc) is 3.32. The largest absolute Gasteiger partial charge is 0.481 e. The van der Waals surface area contributed by atoms with Gasteiger partial charge in [0.05, 0.1) is 35.9 Å². The molecule has 2 heterocycles. The van der Waals surface area contributed by atoms with Crippen LogP contribution in [0.5, 0.6) is 0 Å². The van der Waals surface area contributed by atoms with E-state index < -0.39 is 61.3 Å². The van der Waals surface area contributed by atoms with E-state index in [1.807, 2.05) is 0 Å². The van der Waals surface area contributed by atoms with Crippen LogP contribution in [0.3, 0.4) is 0 Å². The van der Waals surface area contributed by atoms with Gasteiger partial charge in [-0.15, -0.1) is 0 Å². The molecule has 13 nitrogen and oxygen atoms in total. The third-order valence-electron chi connectivity index (χ3n) is 6.18. The van der Waals surface area contributed by atoms with Crippen molar-refractivity contribution in [2.45, 2.75) is 18.5 Å². The Labute approximate surface area is 221 Å². The van der Waals surface area contributed by atoms with Gasteiger partial charge in [0, 0.05) is 17.1 Å². The van der Waals surface area contributed by atoms with Crippen molar-refractivity contribution in [1.82, 2.24) is 15.6 Å². The molecule has 0 bridgehead atoms. The lowest BCUT2D eigenvalue weighted by Gasteiger charge is -2.25. The predicted molar refractivity (Wildman–Crippen MR) is 138 cm³/mol. The van der Waals surface area contributed by atoms with E-state index in [1.165, 1.54) is 18.3 Å². The Bertz CT molecular complexity index is 1450. The van der Waals surface area contributed by atoms with Gasteiger partial charge in [-0.1, -0.05) is 30.3 Å². The van der Waals surface area contributed by atoms with Crippen molar-refractivity contribution in [2.24, 2.45) is 0 Å². The highest BCUT2D eigenvalue weighted by molar-refractivity contribution is 6.13. The Balaban J connectivity index is 1.67. The number of benzene rings is 2. The first kappa shape index (κ1) is 27.0. The van der Waals surface area contributed by atoms with Crippen LogP contribution in [0.2, 0.25) is 0 Å². The van der Waals surface area contributed by atoms with Crippen LogP contribution in [-0.4, -0.2) is 82.9 Å². The number of aromatic amines is 1. The highest BCUT2D eigenvalue weighted by Gasteiger charge is 2.38. The summed E-state index contributed by atoms with van der Waals surface area (Å²) in [5, 5.41) is 24.1. The number of hydrogen-bond acceptors (Lipinski definition) is 7. The number of aromatic nitrogens is 1. The number of rotatable bonds is 9. The van der Waals surface area contributed by atoms with Crippen LogP contribution >= 0.6 is 0 Å². The number of aliphatic hydroxyl groups excluding tert-OH is 1. The minimum atomic E-state index is -1.33. The van der Waals surface area contributed by atoms with E-state index in [0.717, 1.165) is 9.80 Å². The fraction of sp³-hybridized carbons (Fsp3) is 0.231. The number of para-hydroxylation sites is 3. The Hall–Kier alpha value is -5.04. The van der Waals surface area contributed by atoms with E-state index in [4.69, 9.17) is 5.11 Å². The number of carbonyl (C=O) groups is 6. The second-order valence-electron chi connectivity index (χ2n) is 8.76. The molecule has 0 spiro atoms. The molecule has 0 radical (unpaired) electrons. The van der Waals surface area contributed by atoms with Crippen molar-refractivity contribution in [3.05, 3.63) is 60.3 Å². The molecular weight excluding hydrogens is 510 g/mol. The molecule has 5 N–H and O–H groups in total. The topological polar surface area (TPSA) is 189 Å². The summed E-state index contributed by atoms with van der Waals surface area (Å²) < 4.78 is 0. The molecule has 3 aromatic rings. The van der Waals surface area contributed by atoms with Crippen LogP contribution in [0, 0.1) is 0 Å². The summed E-state index contributed by atoms with van der Waals surface area (Å²) in [5.74, 6) is -4.22. The molecule has 202 valence electrons. The maximum absolute atomic E-state index is 13.8. The van der Waals surface area contributed by atoms with Crippen LogP contribution in [-0.2, 0) is 24.0 Å². The van der Waals surface area contributed by atoms with Crippen LogP contribution in [0.25, 0.3) is 10.9 Å². The van der Waals surface area contributed by atoms with Gasteiger partial charge in [0.15, 0.2) is 0 Å². The number of anilines is 2. The SMILES string of the molecule is O=C[C@H](CC(=O)O)NC(=O)CN1C(=O)[C@@H](NC(=O)c2c[nH]c3ccccc23)CN(C(=O)CO)c2ccccc21. The molecule has 1 aliphatic heterocycles. The summed E-state index contributed by atoms with van der Waals surface area (Å²) in [7, 11) is 0. The average molecular weight is 536 g/mol. The third kappa shape index (κ3) is 5.78. The first-order valence-electron chi connectivity index (χ1n) is 11.9. The number of fused-ring (bicyclic) bond motifs is 2. The molecule has 13 heteroatoms. The molecule has 0 saturated heterocycles. The van der Waals surface area contributed by atoms with E-state index in [0.29, 0.717) is 10.9 Å². The van der Waals surface area contributed by atoms with Crippen LogP contribution < -0.4 is 20.4 Å².